The fourth-order valence-electron chi connectivity index (χ4n) is 4.11. The number of benzene rings is 1. The number of carbonyl (C=O) groups is 2. The molecule has 1 spiro atoms. The Labute approximate surface area is 177 Å². The first-order valence-electron chi connectivity index (χ1n) is 10.7. The molecule has 1 saturated carbocycles. The summed E-state index contributed by atoms with van der Waals surface area (Å²) in [7, 11) is 1.57. The van der Waals surface area contributed by atoms with Crippen LogP contribution in [-0.2, 0) is 19.1 Å². The Morgan fingerprint density at radius 3 is 2.43 bits per heavy atom. The SMILES string of the molecule is COc1ccccc1OCC(=O)N(CCC(=O)N1CCC2(CC1)OCCO2)C1CC1. The van der Waals surface area contributed by atoms with E-state index < -0.39 is 5.79 Å². The second kappa shape index (κ2) is 9.22. The van der Waals surface area contributed by atoms with Gasteiger partial charge in [-0.2, -0.15) is 0 Å². The summed E-state index contributed by atoms with van der Waals surface area (Å²) in [5.74, 6) is 0.631. The van der Waals surface area contributed by atoms with Crippen LogP contribution in [0.25, 0.3) is 0 Å². The Hall–Kier alpha value is -2.32. The summed E-state index contributed by atoms with van der Waals surface area (Å²) in [5.41, 5.74) is 0. The van der Waals surface area contributed by atoms with E-state index in [1.165, 1.54) is 0 Å². The quantitative estimate of drug-likeness (QED) is 0.641. The summed E-state index contributed by atoms with van der Waals surface area (Å²) in [6.07, 6.45) is 3.70. The summed E-state index contributed by atoms with van der Waals surface area (Å²) in [5, 5.41) is 0. The molecule has 164 valence electrons. The first-order chi connectivity index (χ1) is 14.6. The van der Waals surface area contributed by atoms with Crippen molar-refractivity contribution in [3.05, 3.63) is 24.3 Å². The van der Waals surface area contributed by atoms with E-state index in [-0.39, 0.29) is 24.5 Å². The van der Waals surface area contributed by atoms with Crippen molar-refractivity contribution in [3.63, 3.8) is 0 Å². The van der Waals surface area contributed by atoms with Crippen molar-refractivity contribution in [2.75, 3.05) is 46.6 Å². The molecule has 3 aliphatic rings. The highest BCUT2D eigenvalue weighted by atomic mass is 16.7. The molecule has 1 aromatic carbocycles. The second-order valence-corrected chi connectivity index (χ2v) is 8.00. The van der Waals surface area contributed by atoms with Gasteiger partial charge in [0, 0.05) is 44.9 Å². The van der Waals surface area contributed by atoms with Crippen molar-refractivity contribution in [2.24, 2.45) is 0 Å². The van der Waals surface area contributed by atoms with Crippen LogP contribution < -0.4 is 9.47 Å². The highest BCUT2D eigenvalue weighted by Crippen LogP contribution is 2.32. The molecule has 30 heavy (non-hydrogen) atoms. The normalized spacial score (nSPS) is 20.2. The molecule has 2 saturated heterocycles. The van der Waals surface area contributed by atoms with Gasteiger partial charge in [0.05, 0.1) is 20.3 Å². The molecule has 8 nitrogen and oxygen atoms in total. The van der Waals surface area contributed by atoms with E-state index in [4.69, 9.17) is 18.9 Å². The van der Waals surface area contributed by atoms with Crippen LogP contribution >= 0.6 is 0 Å². The van der Waals surface area contributed by atoms with Gasteiger partial charge in [0.15, 0.2) is 23.9 Å². The van der Waals surface area contributed by atoms with Crippen LogP contribution in [0.5, 0.6) is 11.5 Å². The number of hydrogen-bond donors (Lipinski definition) is 0. The lowest BCUT2D eigenvalue weighted by molar-refractivity contribution is -0.187. The lowest BCUT2D eigenvalue weighted by atomic mass is 10.0. The maximum absolute atomic E-state index is 12.8. The van der Waals surface area contributed by atoms with Gasteiger partial charge in [0.25, 0.3) is 5.91 Å². The zero-order valence-electron chi connectivity index (χ0n) is 17.5. The lowest BCUT2D eigenvalue weighted by Crippen LogP contribution is -2.48. The van der Waals surface area contributed by atoms with Crippen molar-refractivity contribution in [2.45, 2.75) is 43.9 Å². The Kier molecular flexibility index (Phi) is 6.43. The summed E-state index contributed by atoms with van der Waals surface area (Å²) in [4.78, 5) is 29.1. The minimum atomic E-state index is -0.484. The minimum absolute atomic E-state index is 0.0635. The molecule has 1 aliphatic carbocycles. The molecule has 4 rings (SSSR count). The fraction of sp³-hybridized carbons (Fsp3) is 0.636. The highest BCUT2D eigenvalue weighted by Gasteiger charge is 2.41. The summed E-state index contributed by atoms with van der Waals surface area (Å²) in [6, 6.07) is 7.48. The fourth-order valence-corrected chi connectivity index (χ4v) is 4.11. The van der Waals surface area contributed by atoms with Crippen molar-refractivity contribution < 1.29 is 28.5 Å². The topological polar surface area (TPSA) is 77.5 Å². The third-order valence-corrected chi connectivity index (χ3v) is 5.99. The molecule has 2 aliphatic heterocycles. The van der Waals surface area contributed by atoms with E-state index >= 15 is 0 Å². The Morgan fingerprint density at radius 2 is 1.80 bits per heavy atom. The molecule has 2 amide bonds. The van der Waals surface area contributed by atoms with E-state index in [0.29, 0.717) is 63.6 Å². The molecular weight excluding hydrogens is 388 g/mol. The molecule has 3 fully saturated rings. The zero-order chi connectivity index (χ0) is 21.0. The largest absolute Gasteiger partial charge is 0.493 e. The minimum Gasteiger partial charge on any atom is -0.493 e. The van der Waals surface area contributed by atoms with E-state index in [0.717, 1.165) is 12.8 Å². The van der Waals surface area contributed by atoms with Crippen LogP contribution in [0.2, 0.25) is 0 Å². The summed E-state index contributed by atoms with van der Waals surface area (Å²) >= 11 is 0. The Bertz CT molecular complexity index is 750. The maximum atomic E-state index is 12.8. The number of rotatable bonds is 8. The number of ether oxygens (including phenoxy) is 4. The molecule has 0 N–H and O–H groups in total. The maximum Gasteiger partial charge on any atom is 0.260 e. The standard InChI is InChI=1S/C22H30N2O6/c1-27-18-4-2-3-5-19(18)28-16-21(26)24(17-6-7-17)11-8-20(25)23-12-9-22(10-13-23)29-14-15-30-22/h2-5,17H,6-16H2,1H3. The molecule has 0 unspecified atom stereocenters. The van der Waals surface area contributed by atoms with Gasteiger partial charge in [0.2, 0.25) is 5.91 Å². The van der Waals surface area contributed by atoms with Crippen LogP contribution in [0.3, 0.4) is 0 Å². The number of para-hydroxylation sites is 2. The van der Waals surface area contributed by atoms with Gasteiger partial charge in [-0.25, -0.2) is 0 Å². The van der Waals surface area contributed by atoms with E-state index in [1.807, 2.05) is 17.0 Å². The number of likely N-dealkylation sites (tertiary alicyclic amines) is 1. The van der Waals surface area contributed by atoms with Gasteiger partial charge in [-0.3, -0.25) is 9.59 Å². The average molecular weight is 418 g/mol. The van der Waals surface area contributed by atoms with E-state index in [2.05, 4.69) is 0 Å². The molecule has 0 atom stereocenters. The molecule has 1 aromatic rings. The number of nitrogens with zero attached hydrogens (tertiary/aromatic N) is 2. The first kappa shape index (κ1) is 20.9. The molecule has 8 heteroatoms. The smallest absolute Gasteiger partial charge is 0.260 e. The second-order valence-electron chi connectivity index (χ2n) is 8.00. The third kappa shape index (κ3) is 4.87. The van der Waals surface area contributed by atoms with Crippen molar-refractivity contribution >= 4 is 11.8 Å². The monoisotopic (exact) mass is 418 g/mol. The van der Waals surface area contributed by atoms with Gasteiger partial charge in [-0.05, 0) is 25.0 Å². The lowest BCUT2D eigenvalue weighted by Gasteiger charge is -2.37. The van der Waals surface area contributed by atoms with Crippen molar-refractivity contribution in [1.82, 2.24) is 9.80 Å². The van der Waals surface area contributed by atoms with Crippen LogP contribution in [0.4, 0.5) is 0 Å². The van der Waals surface area contributed by atoms with Crippen LogP contribution in [0.15, 0.2) is 24.3 Å². The Balaban J connectivity index is 1.25. The van der Waals surface area contributed by atoms with Crippen molar-refractivity contribution in [1.29, 1.82) is 0 Å². The zero-order valence-corrected chi connectivity index (χ0v) is 17.5. The van der Waals surface area contributed by atoms with E-state index in [9.17, 15) is 9.59 Å². The molecule has 0 radical (unpaired) electrons. The van der Waals surface area contributed by atoms with Gasteiger partial charge in [0.1, 0.15) is 0 Å². The molecule has 2 heterocycles. The number of carbonyl (C=O) groups excluding carboxylic acids is 2. The number of piperidine rings is 1. The number of amides is 2. The van der Waals surface area contributed by atoms with Crippen LogP contribution in [-0.4, -0.2) is 80.0 Å². The molecular formula is C22H30N2O6. The number of hydrogen-bond acceptors (Lipinski definition) is 6. The van der Waals surface area contributed by atoms with Gasteiger partial charge >= 0.3 is 0 Å². The summed E-state index contributed by atoms with van der Waals surface area (Å²) < 4.78 is 22.4. The summed E-state index contributed by atoms with van der Waals surface area (Å²) in [6.45, 7) is 2.88. The average Bonchev–Trinajstić information content (AvgIpc) is 3.52. The highest BCUT2D eigenvalue weighted by molar-refractivity contribution is 5.80. The van der Waals surface area contributed by atoms with Gasteiger partial charge < -0.3 is 28.7 Å². The predicted octanol–water partition coefficient (Wildman–Crippen LogP) is 1.82. The predicted molar refractivity (Wildman–Crippen MR) is 108 cm³/mol. The van der Waals surface area contributed by atoms with Crippen LogP contribution in [0, 0.1) is 0 Å². The molecule has 0 aromatic heterocycles. The third-order valence-electron chi connectivity index (χ3n) is 5.99. The first-order valence-corrected chi connectivity index (χ1v) is 10.7. The van der Waals surface area contributed by atoms with E-state index in [1.54, 1.807) is 24.1 Å². The van der Waals surface area contributed by atoms with Gasteiger partial charge in [-0.15, -0.1) is 0 Å². The van der Waals surface area contributed by atoms with Crippen molar-refractivity contribution in [3.8, 4) is 11.5 Å². The number of methoxy groups -OCH3 is 1. The van der Waals surface area contributed by atoms with Crippen LogP contribution in [0.1, 0.15) is 32.1 Å². The van der Waals surface area contributed by atoms with Gasteiger partial charge in [-0.1, -0.05) is 12.1 Å². The molecule has 0 bridgehead atoms. The Morgan fingerprint density at radius 1 is 1.13 bits per heavy atom.